The predicted molar refractivity (Wildman–Crippen MR) is 78.4 cm³/mol. The lowest BCUT2D eigenvalue weighted by Crippen LogP contribution is -2.27. The van der Waals surface area contributed by atoms with E-state index in [1.807, 2.05) is 19.2 Å². The van der Waals surface area contributed by atoms with Crippen molar-refractivity contribution in [1.82, 2.24) is 4.72 Å². The summed E-state index contributed by atoms with van der Waals surface area (Å²) in [6.45, 7) is 2.40. The molecule has 1 rings (SSSR count). The molecule has 0 radical (unpaired) electrons. The Labute approximate surface area is 118 Å². The summed E-state index contributed by atoms with van der Waals surface area (Å²) in [6.07, 6.45) is 2.73. The van der Waals surface area contributed by atoms with E-state index in [1.165, 1.54) is 18.2 Å². The van der Waals surface area contributed by atoms with Crippen molar-refractivity contribution in [3.8, 4) is 6.07 Å². The van der Waals surface area contributed by atoms with Crippen LogP contribution in [0.1, 0.15) is 18.9 Å². The number of hydrogen-bond acceptors (Lipinski definition) is 5. The van der Waals surface area contributed by atoms with Gasteiger partial charge in [-0.15, -0.1) is 0 Å². The summed E-state index contributed by atoms with van der Waals surface area (Å²) >= 11 is 1.68. The SMILES string of the molecule is CSC(C)CCNS(=O)(=O)c1ccc(C#N)cc1N. The normalized spacial score (nSPS) is 12.9. The van der Waals surface area contributed by atoms with Crippen molar-refractivity contribution in [2.24, 2.45) is 0 Å². The second-order valence-electron chi connectivity index (χ2n) is 4.10. The minimum Gasteiger partial charge on any atom is -0.398 e. The fourth-order valence-corrected chi connectivity index (χ4v) is 2.97. The number of nitrogen functional groups attached to an aromatic ring is 1. The van der Waals surface area contributed by atoms with Gasteiger partial charge in [0.15, 0.2) is 0 Å². The minimum atomic E-state index is -3.61. The van der Waals surface area contributed by atoms with Crippen molar-refractivity contribution in [2.75, 3.05) is 18.5 Å². The predicted octanol–water partition coefficient (Wildman–Crippen LogP) is 1.56. The summed E-state index contributed by atoms with van der Waals surface area (Å²) in [5, 5.41) is 9.10. The van der Waals surface area contributed by atoms with Crippen LogP contribution in [0.3, 0.4) is 0 Å². The van der Waals surface area contributed by atoms with Crippen LogP contribution in [0.2, 0.25) is 0 Å². The van der Waals surface area contributed by atoms with Crippen molar-refractivity contribution < 1.29 is 8.42 Å². The van der Waals surface area contributed by atoms with Crippen LogP contribution < -0.4 is 10.5 Å². The molecule has 0 saturated carbocycles. The van der Waals surface area contributed by atoms with Gasteiger partial charge in [0.2, 0.25) is 10.0 Å². The lowest BCUT2D eigenvalue weighted by atomic mass is 10.2. The maximum absolute atomic E-state index is 12.0. The molecule has 1 unspecified atom stereocenters. The zero-order chi connectivity index (χ0) is 14.5. The average Bonchev–Trinajstić information content (AvgIpc) is 2.37. The topological polar surface area (TPSA) is 96.0 Å². The van der Waals surface area contributed by atoms with E-state index in [9.17, 15) is 8.42 Å². The molecule has 0 aliphatic heterocycles. The van der Waals surface area contributed by atoms with E-state index in [-0.39, 0.29) is 10.6 Å². The Hall–Kier alpha value is -1.23. The lowest BCUT2D eigenvalue weighted by molar-refractivity contribution is 0.579. The monoisotopic (exact) mass is 299 g/mol. The first-order valence-corrected chi connectivity index (χ1v) is 8.50. The summed E-state index contributed by atoms with van der Waals surface area (Å²) in [6, 6.07) is 6.07. The Bertz CT molecular complexity index is 579. The number of nitriles is 1. The van der Waals surface area contributed by atoms with E-state index < -0.39 is 10.0 Å². The summed E-state index contributed by atoms with van der Waals surface area (Å²) in [7, 11) is -3.61. The van der Waals surface area contributed by atoms with E-state index in [0.29, 0.717) is 17.4 Å². The summed E-state index contributed by atoms with van der Waals surface area (Å²) in [5.74, 6) is 0. The molecule has 0 amide bonds. The highest BCUT2D eigenvalue weighted by Gasteiger charge is 2.17. The van der Waals surface area contributed by atoms with Gasteiger partial charge in [0.25, 0.3) is 0 Å². The molecule has 1 atom stereocenters. The third-order valence-corrected chi connectivity index (χ3v) is 5.25. The van der Waals surface area contributed by atoms with E-state index in [0.717, 1.165) is 6.42 Å². The van der Waals surface area contributed by atoms with Gasteiger partial charge in [-0.05, 0) is 30.9 Å². The number of sulfonamides is 1. The lowest BCUT2D eigenvalue weighted by Gasteiger charge is -2.11. The molecule has 5 nitrogen and oxygen atoms in total. The van der Waals surface area contributed by atoms with Gasteiger partial charge >= 0.3 is 0 Å². The molecule has 7 heteroatoms. The number of nitrogens with one attached hydrogen (secondary N) is 1. The van der Waals surface area contributed by atoms with Crippen LogP contribution in [0, 0.1) is 11.3 Å². The molecule has 19 heavy (non-hydrogen) atoms. The molecule has 0 aromatic heterocycles. The van der Waals surface area contributed by atoms with Crippen LogP contribution in [0.4, 0.5) is 5.69 Å². The second-order valence-corrected chi connectivity index (χ2v) is 7.11. The molecule has 3 N–H and O–H groups in total. The highest BCUT2D eigenvalue weighted by Crippen LogP contribution is 2.19. The van der Waals surface area contributed by atoms with Crippen LogP contribution >= 0.6 is 11.8 Å². The van der Waals surface area contributed by atoms with Crippen LogP contribution in [-0.4, -0.2) is 26.5 Å². The van der Waals surface area contributed by atoms with Crippen molar-refractivity contribution in [2.45, 2.75) is 23.5 Å². The maximum Gasteiger partial charge on any atom is 0.242 e. The van der Waals surface area contributed by atoms with Crippen molar-refractivity contribution >= 4 is 27.5 Å². The molecule has 1 aromatic carbocycles. The number of hydrogen-bond donors (Lipinski definition) is 2. The zero-order valence-corrected chi connectivity index (χ0v) is 12.5. The van der Waals surface area contributed by atoms with E-state index >= 15 is 0 Å². The Morgan fingerprint density at radius 1 is 1.53 bits per heavy atom. The molecule has 0 bridgehead atoms. The molecule has 0 spiro atoms. The Balaban J connectivity index is 2.81. The Kier molecular flexibility index (Phi) is 5.66. The fourth-order valence-electron chi connectivity index (χ4n) is 1.45. The number of rotatable bonds is 6. The molecule has 1 aromatic rings. The van der Waals surface area contributed by atoms with E-state index in [4.69, 9.17) is 11.0 Å². The smallest absolute Gasteiger partial charge is 0.242 e. The molecular weight excluding hydrogens is 282 g/mol. The highest BCUT2D eigenvalue weighted by molar-refractivity contribution is 7.99. The van der Waals surface area contributed by atoms with Gasteiger partial charge in [-0.25, -0.2) is 13.1 Å². The molecular formula is C12H17N3O2S2. The highest BCUT2D eigenvalue weighted by atomic mass is 32.2. The number of nitrogens with zero attached hydrogens (tertiary/aromatic N) is 1. The molecule has 0 heterocycles. The second kappa shape index (κ2) is 6.80. The summed E-state index contributed by atoms with van der Waals surface area (Å²) < 4.78 is 26.6. The Morgan fingerprint density at radius 2 is 2.21 bits per heavy atom. The van der Waals surface area contributed by atoms with Gasteiger partial charge in [-0.2, -0.15) is 17.0 Å². The maximum atomic E-state index is 12.0. The van der Waals surface area contributed by atoms with Gasteiger partial charge in [0.1, 0.15) is 4.90 Å². The largest absolute Gasteiger partial charge is 0.398 e. The summed E-state index contributed by atoms with van der Waals surface area (Å²) in [4.78, 5) is 0.0169. The van der Waals surface area contributed by atoms with Gasteiger partial charge in [-0.1, -0.05) is 6.92 Å². The number of benzene rings is 1. The van der Waals surface area contributed by atoms with Gasteiger partial charge in [0, 0.05) is 11.8 Å². The zero-order valence-electron chi connectivity index (χ0n) is 10.9. The molecule has 104 valence electrons. The van der Waals surface area contributed by atoms with E-state index in [2.05, 4.69) is 4.72 Å². The fraction of sp³-hybridized carbons (Fsp3) is 0.417. The van der Waals surface area contributed by atoms with E-state index in [1.54, 1.807) is 11.8 Å². The van der Waals surface area contributed by atoms with Crippen molar-refractivity contribution in [3.05, 3.63) is 23.8 Å². The molecule has 0 fully saturated rings. The standard InChI is InChI=1S/C12H17N3O2S2/c1-9(18-2)5-6-15-19(16,17)12-4-3-10(8-13)7-11(12)14/h3-4,7,9,15H,5-6,14H2,1-2H3. The quantitative estimate of drug-likeness (QED) is 0.777. The van der Waals surface area contributed by atoms with Crippen LogP contribution in [0.5, 0.6) is 0 Å². The average molecular weight is 299 g/mol. The molecule has 0 saturated heterocycles. The number of anilines is 1. The Morgan fingerprint density at radius 3 is 2.74 bits per heavy atom. The van der Waals surface area contributed by atoms with Crippen LogP contribution in [-0.2, 0) is 10.0 Å². The molecule has 0 aliphatic rings. The summed E-state index contributed by atoms with van der Waals surface area (Å²) in [5.41, 5.74) is 6.09. The van der Waals surface area contributed by atoms with Crippen molar-refractivity contribution in [1.29, 1.82) is 5.26 Å². The third kappa shape index (κ3) is 4.42. The third-order valence-electron chi connectivity index (χ3n) is 2.67. The molecule has 0 aliphatic carbocycles. The van der Waals surface area contributed by atoms with Crippen LogP contribution in [0.15, 0.2) is 23.1 Å². The number of nitrogens with two attached hydrogens (primary N) is 1. The number of thioether (sulfide) groups is 1. The first-order valence-electron chi connectivity index (χ1n) is 5.72. The van der Waals surface area contributed by atoms with Crippen molar-refractivity contribution in [3.63, 3.8) is 0 Å². The first-order chi connectivity index (χ1) is 8.90. The van der Waals surface area contributed by atoms with Gasteiger partial charge < -0.3 is 5.73 Å². The van der Waals surface area contributed by atoms with Gasteiger partial charge in [-0.3, -0.25) is 0 Å². The first kappa shape index (κ1) is 15.8. The van der Waals surface area contributed by atoms with Crippen LogP contribution in [0.25, 0.3) is 0 Å². The van der Waals surface area contributed by atoms with Gasteiger partial charge in [0.05, 0.1) is 17.3 Å². The minimum absolute atomic E-state index is 0.0169.